The molecule has 0 radical (unpaired) electrons. The van der Waals surface area contributed by atoms with E-state index in [0.717, 1.165) is 6.07 Å². The Morgan fingerprint density at radius 1 is 1.03 bits per heavy atom. The third kappa shape index (κ3) is 5.25. The van der Waals surface area contributed by atoms with E-state index in [0.29, 0.717) is 10.6 Å². The average Bonchev–Trinajstić information content (AvgIpc) is 2.71. The van der Waals surface area contributed by atoms with Crippen molar-refractivity contribution in [1.29, 1.82) is 0 Å². The number of phenolic OH excluding ortho intramolecular Hbond substituents is 1. The van der Waals surface area contributed by atoms with Crippen LogP contribution in [-0.4, -0.2) is 24.7 Å². The molecule has 9 nitrogen and oxygen atoms in total. The van der Waals surface area contributed by atoms with Gasteiger partial charge in [-0.3, -0.25) is 20.3 Å². The van der Waals surface area contributed by atoms with E-state index in [1.165, 1.54) is 54.7 Å². The van der Waals surface area contributed by atoms with Gasteiger partial charge in [-0.25, -0.2) is 8.42 Å². The van der Waals surface area contributed by atoms with Gasteiger partial charge in [0, 0.05) is 16.8 Å². The number of hydrogen-bond donors (Lipinski definition) is 3. The number of halogens is 1. The molecule has 0 unspecified atom stereocenters. The van der Waals surface area contributed by atoms with Gasteiger partial charge >= 0.3 is 0 Å². The summed E-state index contributed by atoms with van der Waals surface area (Å²) in [5, 5.41) is 25.0. The molecule has 3 aromatic rings. The minimum absolute atomic E-state index is 0.0143. The molecule has 0 aliphatic heterocycles. The number of nitrogens with one attached hydrogen (secondary N) is 2. The summed E-state index contributed by atoms with van der Waals surface area (Å²) in [5.74, 6) is 0.0970. The second-order valence-corrected chi connectivity index (χ2v) is 8.13. The lowest BCUT2D eigenvalue weighted by molar-refractivity contribution is -0.384. The van der Waals surface area contributed by atoms with Gasteiger partial charge in [-0.15, -0.1) is 0 Å². The van der Waals surface area contributed by atoms with Crippen LogP contribution in [0.2, 0.25) is 5.02 Å². The molecule has 0 amide bonds. The quantitative estimate of drug-likeness (QED) is 0.283. The molecule has 0 saturated heterocycles. The summed E-state index contributed by atoms with van der Waals surface area (Å²) >= 11 is 5.78. The second kappa shape index (κ2) is 8.80. The van der Waals surface area contributed by atoms with E-state index in [9.17, 15) is 23.6 Å². The van der Waals surface area contributed by atoms with Crippen LogP contribution in [0.1, 0.15) is 5.56 Å². The molecule has 0 aromatic heterocycles. The molecule has 11 heteroatoms. The summed E-state index contributed by atoms with van der Waals surface area (Å²) in [5.41, 5.74) is 2.99. The number of hydrazone groups is 1. The van der Waals surface area contributed by atoms with Crippen LogP contribution in [0.4, 0.5) is 17.1 Å². The van der Waals surface area contributed by atoms with Gasteiger partial charge in [0.15, 0.2) is 0 Å². The topological polar surface area (TPSA) is 134 Å². The first-order chi connectivity index (χ1) is 14.2. The number of nitro groups is 1. The van der Waals surface area contributed by atoms with Crippen molar-refractivity contribution in [2.75, 3.05) is 10.1 Å². The monoisotopic (exact) mass is 446 g/mol. The predicted molar refractivity (Wildman–Crippen MR) is 115 cm³/mol. The third-order valence-corrected chi connectivity index (χ3v) is 5.50. The maximum absolute atomic E-state index is 12.6. The maximum Gasteiger partial charge on any atom is 0.295 e. The predicted octanol–water partition coefficient (Wildman–Crippen LogP) is 4.20. The standard InChI is InChI=1S/C19H15ClN4O5S/c20-14-3-5-15(6-4-14)23-30(28,29)17-9-10-18(19(11-17)24(26)27)22-21-12-13-1-7-16(25)8-2-13/h1-12,22-23,25H. The molecule has 0 aliphatic rings. The number of nitrogens with zero attached hydrogens (tertiary/aromatic N) is 2. The Labute approximate surface area is 176 Å². The van der Waals surface area contributed by atoms with Crippen LogP contribution in [0.25, 0.3) is 0 Å². The summed E-state index contributed by atoms with van der Waals surface area (Å²) in [7, 11) is -4.05. The molecule has 0 spiro atoms. The van der Waals surface area contributed by atoms with Crippen LogP contribution >= 0.6 is 11.6 Å². The normalized spacial score (nSPS) is 11.4. The van der Waals surface area contributed by atoms with Crippen molar-refractivity contribution >= 4 is 44.9 Å². The van der Waals surface area contributed by atoms with E-state index in [4.69, 9.17) is 11.6 Å². The van der Waals surface area contributed by atoms with Gasteiger partial charge in [-0.2, -0.15) is 5.10 Å². The zero-order valence-corrected chi connectivity index (χ0v) is 16.8. The highest BCUT2D eigenvalue weighted by Crippen LogP contribution is 2.28. The number of rotatable bonds is 7. The lowest BCUT2D eigenvalue weighted by Gasteiger charge is -2.09. The number of sulfonamides is 1. The first kappa shape index (κ1) is 21.1. The first-order valence-electron chi connectivity index (χ1n) is 8.39. The van der Waals surface area contributed by atoms with Crippen molar-refractivity contribution in [2.24, 2.45) is 5.10 Å². The number of phenols is 1. The highest BCUT2D eigenvalue weighted by atomic mass is 35.5. The van der Waals surface area contributed by atoms with E-state index in [1.54, 1.807) is 12.1 Å². The Hall–Kier alpha value is -3.63. The minimum atomic E-state index is -4.05. The van der Waals surface area contributed by atoms with Gasteiger partial charge in [0.05, 0.1) is 16.0 Å². The molecule has 0 aliphatic carbocycles. The number of benzene rings is 3. The van der Waals surface area contributed by atoms with Crippen molar-refractivity contribution in [3.8, 4) is 5.75 Å². The van der Waals surface area contributed by atoms with Crippen LogP contribution in [0.15, 0.2) is 76.7 Å². The van der Waals surface area contributed by atoms with E-state index in [-0.39, 0.29) is 22.0 Å². The summed E-state index contributed by atoms with van der Waals surface area (Å²) in [6, 6.07) is 15.5. The number of nitro benzene ring substituents is 1. The molecule has 3 rings (SSSR count). The number of aromatic hydroxyl groups is 1. The third-order valence-electron chi connectivity index (χ3n) is 3.86. The van der Waals surface area contributed by atoms with Crippen LogP contribution in [0.3, 0.4) is 0 Å². The van der Waals surface area contributed by atoms with E-state index < -0.39 is 20.6 Å². The van der Waals surface area contributed by atoms with Crippen LogP contribution in [-0.2, 0) is 10.0 Å². The first-order valence-corrected chi connectivity index (χ1v) is 10.3. The van der Waals surface area contributed by atoms with Gasteiger partial charge < -0.3 is 5.11 Å². The maximum atomic E-state index is 12.6. The number of hydrogen-bond acceptors (Lipinski definition) is 7. The molecule has 0 bridgehead atoms. The molecular weight excluding hydrogens is 432 g/mol. The van der Waals surface area contributed by atoms with Gasteiger partial charge in [-0.05, 0) is 66.2 Å². The van der Waals surface area contributed by atoms with Gasteiger partial charge in [0.25, 0.3) is 15.7 Å². The number of anilines is 2. The fourth-order valence-electron chi connectivity index (χ4n) is 2.39. The van der Waals surface area contributed by atoms with Gasteiger partial charge in [0.1, 0.15) is 11.4 Å². The Kier molecular flexibility index (Phi) is 6.19. The summed E-state index contributed by atoms with van der Waals surface area (Å²) in [6.45, 7) is 0. The smallest absolute Gasteiger partial charge is 0.295 e. The zero-order valence-electron chi connectivity index (χ0n) is 15.2. The molecule has 3 aromatic carbocycles. The van der Waals surface area contributed by atoms with E-state index >= 15 is 0 Å². The second-order valence-electron chi connectivity index (χ2n) is 6.01. The molecule has 30 heavy (non-hydrogen) atoms. The van der Waals surface area contributed by atoms with E-state index in [2.05, 4.69) is 15.2 Å². The zero-order chi connectivity index (χ0) is 21.7. The van der Waals surface area contributed by atoms with Crippen LogP contribution in [0, 0.1) is 10.1 Å². The summed E-state index contributed by atoms with van der Waals surface area (Å²) < 4.78 is 27.5. The van der Waals surface area contributed by atoms with Crippen LogP contribution < -0.4 is 10.1 Å². The van der Waals surface area contributed by atoms with Gasteiger partial charge in [-0.1, -0.05) is 11.6 Å². The molecule has 0 saturated carbocycles. The molecular formula is C19H15ClN4O5S. The summed E-state index contributed by atoms with van der Waals surface area (Å²) in [4.78, 5) is 10.4. The fourth-order valence-corrected chi connectivity index (χ4v) is 3.60. The molecule has 3 N–H and O–H groups in total. The van der Waals surface area contributed by atoms with Crippen molar-refractivity contribution in [3.05, 3.63) is 87.4 Å². The van der Waals surface area contributed by atoms with Gasteiger partial charge in [0.2, 0.25) is 0 Å². The Bertz CT molecular complexity index is 1200. The highest BCUT2D eigenvalue weighted by molar-refractivity contribution is 7.92. The van der Waals surface area contributed by atoms with Crippen molar-refractivity contribution in [3.63, 3.8) is 0 Å². The lowest BCUT2D eigenvalue weighted by Crippen LogP contribution is -2.13. The minimum Gasteiger partial charge on any atom is -0.508 e. The lowest BCUT2D eigenvalue weighted by atomic mass is 10.2. The van der Waals surface area contributed by atoms with Crippen molar-refractivity contribution in [1.82, 2.24) is 0 Å². The van der Waals surface area contributed by atoms with Crippen molar-refractivity contribution in [2.45, 2.75) is 4.90 Å². The SMILES string of the molecule is O=[N+]([O-])c1cc(S(=O)(=O)Nc2ccc(Cl)cc2)ccc1NN=Cc1ccc(O)cc1. The highest BCUT2D eigenvalue weighted by Gasteiger charge is 2.21. The van der Waals surface area contributed by atoms with Crippen molar-refractivity contribution < 1.29 is 18.4 Å². The molecule has 0 fully saturated rings. The van der Waals surface area contributed by atoms with Crippen LogP contribution in [0.5, 0.6) is 5.75 Å². The Balaban J connectivity index is 1.82. The summed E-state index contributed by atoms with van der Waals surface area (Å²) in [6.07, 6.45) is 1.40. The molecule has 0 atom stereocenters. The molecule has 0 heterocycles. The average molecular weight is 447 g/mol. The van der Waals surface area contributed by atoms with E-state index in [1.807, 2.05) is 0 Å². The Morgan fingerprint density at radius 3 is 2.33 bits per heavy atom. The molecule has 154 valence electrons. The largest absolute Gasteiger partial charge is 0.508 e. The Morgan fingerprint density at radius 2 is 1.70 bits per heavy atom. The fraction of sp³-hybridized carbons (Fsp3) is 0.